The molecular weight excluding hydrogens is 114 g/mol. The van der Waals surface area contributed by atoms with Crippen molar-refractivity contribution in [2.75, 3.05) is 0 Å². The minimum absolute atomic E-state index is 0.767. The molecule has 0 saturated carbocycles. The second-order valence-electron chi connectivity index (χ2n) is 0.707. The summed E-state index contributed by atoms with van der Waals surface area (Å²) in [6, 6.07) is 0. The van der Waals surface area contributed by atoms with Crippen molar-refractivity contribution < 1.29 is 5.03 Å². The highest BCUT2D eigenvalue weighted by molar-refractivity contribution is 5.53. The lowest BCUT2D eigenvalue weighted by Gasteiger charge is -1.71. The molecule has 0 aromatic rings. The van der Waals surface area contributed by atoms with Gasteiger partial charge < -0.3 is 16.0 Å². The van der Waals surface area contributed by atoms with Crippen LogP contribution in [0.15, 0.2) is 15.4 Å². The van der Waals surface area contributed by atoms with Crippen molar-refractivity contribution in [2.45, 2.75) is 0 Å². The van der Waals surface area contributed by atoms with Crippen molar-refractivity contribution in [2.24, 2.45) is 21.3 Å². The highest BCUT2D eigenvalue weighted by Crippen LogP contribution is 1.68. The zero-order valence-corrected chi connectivity index (χ0v) is 3.76. The van der Waals surface area contributed by atoms with Crippen molar-refractivity contribution >= 4 is 6.34 Å². The van der Waals surface area contributed by atoms with Crippen molar-refractivity contribution in [3.63, 3.8) is 0 Å². The quantitative estimate of drug-likeness (QED) is 0.132. The average Bonchev–Trinajstić information content (AvgIpc) is 1.66. The van der Waals surface area contributed by atoms with Crippen LogP contribution in [0.25, 0.3) is 0 Å². The van der Waals surface area contributed by atoms with E-state index in [0.717, 1.165) is 6.34 Å². The average molecular weight is 117 g/mol. The fourth-order valence-electron chi connectivity index (χ4n) is 0.0951. The van der Waals surface area contributed by atoms with Crippen LogP contribution < -0.4 is 5.84 Å². The largest absolute Gasteiger partial charge is 0.337 e. The number of hydrazone groups is 1. The van der Waals surface area contributed by atoms with Gasteiger partial charge in [-0.2, -0.15) is 0 Å². The predicted octanol–water partition coefficient (Wildman–Crippen LogP) is -0.468. The van der Waals surface area contributed by atoms with Crippen LogP contribution in [0.5, 0.6) is 0 Å². The maximum Gasteiger partial charge on any atom is 0.274 e. The van der Waals surface area contributed by atoms with Crippen LogP contribution in [-0.2, 0) is 0 Å². The van der Waals surface area contributed by atoms with Crippen molar-refractivity contribution in [3.8, 4) is 0 Å². The van der Waals surface area contributed by atoms with E-state index in [-0.39, 0.29) is 0 Å². The molecule has 7 nitrogen and oxygen atoms in total. The van der Waals surface area contributed by atoms with Gasteiger partial charge in [0.25, 0.3) is 6.34 Å². The van der Waals surface area contributed by atoms with E-state index in [1.807, 2.05) is 0 Å². The number of nitro groups is 1. The third-order valence-electron chi connectivity index (χ3n) is 0.243. The summed E-state index contributed by atoms with van der Waals surface area (Å²) in [7, 11) is 0. The highest BCUT2D eigenvalue weighted by atomic mass is 16.7. The molecule has 0 aromatic carbocycles. The second kappa shape index (κ2) is 3.65. The number of rotatable bonds is 2. The molecule has 0 bridgehead atoms. The van der Waals surface area contributed by atoms with E-state index in [2.05, 4.69) is 21.3 Å². The van der Waals surface area contributed by atoms with Gasteiger partial charge in [0.1, 0.15) is 0 Å². The van der Waals surface area contributed by atoms with Gasteiger partial charge in [0.2, 0.25) is 0 Å². The topological polar surface area (TPSA) is 106 Å². The normalized spacial score (nSPS) is 11.0. The molecule has 0 fully saturated rings. The summed E-state index contributed by atoms with van der Waals surface area (Å²) in [5.74, 6) is 4.51. The molecule has 44 valence electrons. The molecule has 0 unspecified atom stereocenters. The Morgan fingerprint density at radius 3 is 2.75 bits per heavy atom. The van der Waals surface area contributed by atoms with Crippen LogP contribution in [0.2, 0.25) is 0 Å². The standard InChI is InChI=1S/CH3N5O2/c2-3-1-4-5-6(7)8/h1H,2H2. The molecule has 0 aliphatic heterocycles. The minimum atomic E-state index is -0.957. The van der Waals surface area contributed by atoms with Gasteiger partial charge >= 0.3 is 0 Å². The van der Waals surface area contributed by atoms with Gasteiger partial charge in [0, 0.05) is 0 Å². The maximum atomic E-state index is 9.32. The van der Waals surface area contributed by atoms with Crippen LogP contribution in [0.1, 0.15) is 0 Å². The first-order valence-corrected chi connectivity index (χ1v) is 1.54. The Kier molecular flexibility index (Phi) is 2.95. The monoisotopic (exact) mass is 117 g/mol. The lowest BCUT2D eigenvalue weighted by Crippen LogP contribution is -1.83. The summed E-state index contributed by atoms with van der Waals surface area (Å²) in [5.41, 5.74) is 0. The molecule has 0 heterocycles. The molecule has 0 atom stereocenters. The first-order valence-electron chi connectivity index (χ1n) is 1.54. The molecule has 2 N–H and O–H groups in total. The van der Waals surface area contributed by atoms with Gasteiger partial charge in [0.05, 0.1) is 10.1 Å². The third-order valence-corrected chi connectivity index (χ3v) is 0.243. The van der Waals surface area contributed by atoms with E-state index in [1.54, 1.807) is 0 Å². The Bertz CT molecular complexity index is 126. The molecule has 0 aliphatic carbocycles. The van der Waals surface area contributed by atoms with Crippen LogP contribution in [-0.4, -0.2) is 11.4 Å². The van der Waals surface area contributed by atoms with E-state index < -0.39 is 5.03 Å². The fourth-order valence-corrected chi connectivity index (χ4v) is 0.0951. The lowest BCUT2D eigenvalue weighted by atomic mass is 11.4. The summed E-state index contributed by atoms with van der Waals surface area (Å²) in [6.07, 6.45) is 0.767. The van der Waals surface area contributed by atoms with E-state index >= 15 is 0 Å². The van der Waals surface area contributed by atoms with Gasteiger partial charge in [-0.15, -0.1) is 5.10 Å². The summed E-state index contributed by atoms with van der Waals surface area (Å²) >= 11 is 0. The minimum Gasteiger partial charge on any atom is -0.337 e. The Hall–Kier alpha value is -1.53. The first-order chi connectivity index (χ1) is 3.77. The van der Waals surface area contributed by atoms with Gasteiger partial charge in [0.15, 0.2) is 5.22 Å². The van der Waals surface area contributed by atoms with Gasteiger partial charge in [-0.05, 0) is 0 Å². The fraction of sp³-hybridized carbons (Fsp3) is 0. The van der Waals surface area contributed by atoms with E-state index in [4.69, 9.17) is 0 Å². The van der Waals surface area contributed by atoms with Crippen molar-refractivity contribution in [1.29, 1.82) is 0 Å². The van der Waals surface area contributed by atoms with Gasteiger partial charge in [-0.1, -0.05) is 0 Å². The molecule has 7 heteroatoms. The van der Waals surface area contributed by atoms with E-state index in [0.29, 0.717) is 0 Å². The van der Waals surface area contributed by atoms with Gasteiger partial charge in [-0.3, -0.25) is 0 Å². The van der Waals surface area contributed by atoms with Crippen molar-refractivity contribution in [3.05, 3.63) is 10.1 Å². The summed E-state index contributed by atoms with van der Waals surface area (Å²) in [5, 5.41) is 16.4. The molecular formula is CH3N5O2. The molecule has 0 amide bonds. The van der Waals surface area contributed by atoms with E-state index in [9.17, 15) is 10.1 Å². The number of hydrogen-bond acceptors (Lipinski definition) is 4. The Morgan fingerprint density at radius 1 is 1.75 bits per heavy atom. The second-order valence-corrected chi connectivity index (χ2v) is 0.707. The number of nitrogens with two attached hydrogens (primary N) is 1. The molecule has 0 radical (unpaired) electrons. The zero-order chi connectivity index (χ0) is 6.41. The third kappa shape index (κ3) is 4.47. The SMILES string of the molecule is NN=CN=N[N+](=O)[O-]. The predicted molar refractivity (Wildman–Crippen MR) is 24.5 cm³/mol. The molecule has 0 spiro atoms. The highest BCUT2D eigenvalue weighted by Gasteiger charge is 1.79. The molecule has 0 aromatic heterocycles. The molecule has 8 heavy (non-hydrogen) atoms. The number of nitrogens with zero attached hydrogens (tertiary/aromatic N) is 4. The van der Waals surface area contributed by atoms with E-state index in [1.165, 1.54) is 0 Å². The molecule has 0 rings (SSSR count). The van der Waals surface area contributed by atoms with Crippen LogP contribution in [0.4, 0.5) is 0 Å². The van der Waals surface area contributed by atoms with Crippen LogP contribution in [0, 0.1) is 10.1 Å². The zero-order valence-electron chi connectivity index (χ0n) is 3.76. The van der Waals surface area contributed by atoms with Crippen molar-refractivity contribution in [1.82, 2.24) is 0 Å². The molecule has 0 saturated heterocycles. The Balaban J connectivity index is 3.50. The summed E-state index contributed by atoms with van der Waals surface area (Å²) in [4.78, 5) is 9.32. The molecule has 0 aliphatic rings. The maximum absolute atomic E-state index is 9.32. The first kappa shape index (κ1) is 6.47. The van der Waals surface area contributed by atoms with Crippen LogP contribution in [0.3, 0.4) is 0 Å². The Labute approximate surface area is 44.0 Å². The summed E-state index contributed by atoms with van der Waals surface area (Å²) < 4.78 is 0. The van der Waals surface area contributed by atoms with Gasteiger partial charge in [-0.25, -0.2) is 0 Å². The Morgan fingerprint density at radius 2 is 2.38 bits per heavy atom. The lowest BCUT2D eigenvalue weighted by molar-refractivity contribution is -0.493. The number of hydrogen-bond donors (Lipinski definition) is 1. The van der Waals surface area contributed by atoms with Crippen LogP contribution >= 0.6 is 0 Å². The summed E-state index contributed by atoms with van der Waals surface area (Å²) in [6.45, 7) is 0. The smallest absolute Gasteiger partial charge is 0.274 e.